The quantitative estimate of drug-likeness (QED) is 0.662. The zero-order chi connectivity index (χ0) is 22.6. The molecule has 3 rings (SSSR count). The van der Waals surface area contributed by atoms with Gasteiger partial charge in [0.2, 0.25) is 15.9 Å². The van der Waals surface area contributed by atoms with Crippen molar-refractivity contribution < 1.29 is 17.9 Å². The molecule has 0 saturated heterocycles. The van der Waals surface area contributed by atoms with Gasteiger partial charge in [-0.2, -0.15) is 0 Å². The smallest absolute Gasteiger partial charge is 0.241 e. The number of fused-ring (bicyclic) bond motifs is 1. The van der Waals surface area contributed by atoms with Crippen molar-refractivity contribution in [2.45, 2.75) is 58.1 Å². The first kappa shape index (κ1) is 23.1. The minimum Gasteiger partial charge on any atom is -0.487 e. The van der Waals surface area contributed by atoms with Gasteiger partial charge in [-0.15, -0.1) is 0 Å². The summed E-state index contributed by atoms with van der Waals surface area (Å²) in [5, 5.41) is 3.07. The highest BCUT2D eigenvalue weighted by molar-refractivity contribution is 7.92. The SMILES string of the molecule is CCc1ccc(N(CC(=O)N[C@@H]2CC(CC)(CC)Oc3ccccc32)S(C)(=O)=O)cc1. The molecule has 0 unspecified atom stereocenters. The number of aryl methyl sites for hydroxylation is 1. The average Bonchev–Trinajstić information content (AvgIpc) is 2.76. The number of hydrogen-bond acceptors (Lipinski definition) is 4. The number of rotatable bonds is 8. The number of ether oxygens (including phenoxy) is 1. The number of nitrogens with zero attached hydrogens (tertiary/aromatic N) is 1. The third kappa shape index (κ3) is 5.21. The van der Waals surface area contributed by atoms with E-state index in [2.05, 4.69) is 19.2 Å². The summed E-state index contributed by atoms with van der Waals surface area (Å²) < 4.78 is 32.3. The normalized spacial score (nSPS) is 17.4. The fourth-order valence-electron chi connectivity index (χ4n) is 4.10. The molecule has 0 spiro atoms. The summed E-state index contributed by atoms with van der Waals surface area (Å²) in [6.07, 6.45) is 4.27. The molecule has 2 aromatic carbocycles. The number of carbonyl (C=O) groups excluding carboxylic acids is 1. The van der Waals surface area contributed by atoms with Crippen LogP contribution in [0.4, 0.5) is 5.69 Å². The molecule has 0 radical (unpaired) electrons. The van der Waals surface area contributed by atoms with Crippen molar-refractivity contribution in [1.82, 2.24) is 5.32 Å². The second kappa shape index (κ2) is 9.30. The number of benzene rings is 2. The average molecular weight is 445 g/mol. The fraction of sp³-hybridized carbons (Fsp3) is 0.458. The van der Waals surface area contributed by atoms with E-state index in [0.29, 0.717) is 12.1 Å². The standard InChI is InChI=1S/C24H32N2O4S/c1-5-18-12-14-19(15-13-18)26(31(4,28)29)17-23(27)25-21-16-24(6-2,7-3)30-22-11-9-8-10-20(21)22/h8-15,21H,5-7,16-17H2,1-4H3,(H,25,27)/t21-/m1/s1. The highest BCUT2D eigenvalue weighted by Gasteiger charge is 2.39. The second-order valence-electron chi connectivity index (χ2n) is 8.14. The predicted molar refractivity (Wildman–Crippen MR) is 124 cm³/mol. The van der Waals surface area contributed by atoms with Gasteiger partial charge in [-0.3, -0.25) is 9.10 Å². The Hall–Kier alpha value is -2.54. The summed E-state index contributed by atoms with van der Waals surface area (Å²) in [6, 6.07) is 14.7. The highest BCUT2D eigenvalue weighted by Crippen LogP contribution is 2.42. The molecule has 1 amide bonds. The Bertz CT molecular complexity index is 1010. The summed E-state index contributed by atoms with van der Waals surface area (Å²) in [6.45, 7) is 5.94. The van der Waals surface area contributed by atoms with Crippen molar-refractivity contribution in [1.29, 1.82) is 0 Å². The molecule has 6 nitrogen and oxygen atoms in total. The lowest BCUT2D eigenvalue weighted by Crippen LogP contribution is -2.47. The maximum Gasteiger partial charge on any atom is 0.241 e. The first-order valence-corrected chi connectivity index (χ1v) is 12.7. The van der Waals surface area contributed by atoms with E-state index in [0.717, 1.165) is 46.7 Å². The molecule has 1 N–H and O–H groups in total. The summed E-state index contributed by atoms with van der Waals surface area (Å²) in [7, 11) is -3.62. The molecule has 0 aliphatic carbocycles. The van der Waals surface area contributed by atoms with E-state index in [1.165, 1.54) is 0 Å². The largest absolute Gasteiger partial charge is 0.487 e. The van der Waals surface area contributed by atoms with Gasteiger partial charge in [0.15, 0.2) is 0 Å². The molecule has 1 heterocycles. The molecule has 2 aromatic rings. The fourth-order valence-corrected chi connectivity index (χ4v) is 4.95. The van der Waals surface area contributed by atoms with Gasteiger partial charge in [0.1, 0.15) is 17.9 Å². The molecule has 1 aliphatic heterocycles. The van der Waals surface area contributed by atoms with Crippen LogP contribution in [0.15, 0.2) is 48.5 Å². The van der Waals surface area contributed by atoms with Gasteiger partial charge in [0.05, 0.1) is 18.0 Å². The predicted octanol–water partition coefficient (Wildman–Crippen LogP) is 4.21. The second-order valence-corrected chi connectivity index (χ2v) is 10.1. The Morgan fingerprint density at radius 3 is 2.32 bits per heavy atom. The molecule has 168 valence electrons. The number of nitrogens with one attached hydrogen (secondary N) is 1. The Morgan fingerprint density at radius 1 is 1.10 bits per heavy atom. The molecule has 1 aliphatic rings. The van der Waals surface area contributed by atoms with E-state index in [-0.39, 0.29) is 24.1 Å². The summed E-state index contributed by atoms with van der Waals surface area (Å²) in [4.78, 5) is 13.0. The molecule has 7 heteroatoms. The van der Waals surface area contributed by atoms with Crippen molar-refractivity contribution in [2.75, 3.05) is 17.1 Å². The van der Waals surface area contributed by atoms with Crippen molar-refractivity contribution in [3.05, 3.63) is 59.7 Å². The van der Waals surface area contributed by atoms with Crippen LogP contribution in [0.5, 0.6) is 5.75 Å². The Labute approximate surface area is 185 Å². The van der Waals surface area contributed by atoms with Crippen molar-refractivity contribution >= 4 is 21.6 Å². The van der Waals surface area contributed by atoms with E-state index in [4.69, 9.17) is 4.74 Å². The van der Waals surface area contributed by atoms with Crippen LogP contribution in [0, 0.1) is 0 Å². The molecule has 0 saturated carbocycles. The number of para-hydroxylation sites is 1. The lowest BCUT2D eigenvalue weighted by atomic mass is 9.83. The van der Waals surface area contributed by atoms with Crippen molar-refractivity contribution in [3.8, 4) is 5.75 Å². The maximum absolute atomic E-state index is 13.0. The Kier molecular flexibility index (Phi) is 6.94. The first-order valence-electron chi connectivity index (χ1n) is 10.8. The lowest BCUT2D eigenvalue weighted by molar-refractivity contribution is -0.121. The van der Waals surface area contributed by atoms with Gasteiger partial charge >= 0.3 is 0 Å². The van der Waals surface area contributed by atoms with Crippen LogP contribution in [-0.4, -0.2) is 32.7 Å². The van der Waals surface area contributed by atoms with Crippen LogP contribution >= 0.6 is 0 Å². The Morgan fingerprint density at radius 2 is 1.74 bits per heavy atom. The first-order chi connectivity index (χ1) is 14.7. The third-order valence-electron chi connectivity index (χ3n) is 6.14. The van der Waals surface area contributed by atoms with Gasteiger partial charge in [0.25, 0.3) is 0 Å². The van der Waals surface area contributed by atoms with Crippen LogP contribution in [0.2, 0.25) is 0 Å². The zero-order valence-corrected chi connectivity index (χ0v) is 19.5. The minimum absolute atomic E-state index is 0.235. The summed E-state index contributed by atoms with van der Waals surface area (Å²) in [5.74, 6) is 0.436. The van der Waals surface area contributed by atoms with Crippen LogP contribution < -0.4 is 14.4 Å². The summed E-state index contributed by atoms with van der Waals surface area (Å²) in [5.41, 5.74) is 2.17. The van der Waals surface area contributed by atoms with Gasteiger partial charge in [-0.25, -0.2) is 8.42 Å². The molecule has 1 atom stereocenters. The highest BCUT2D eigenvalue weighted by atomic mass is 32.2. The van der Waals surface area contributed by atoms with E-state index in [9.17, 15) is 13.2 Å². The van der Waals surface area contributed by atoms with Gasteiger partial charge in [0, 0.05) is 12.0 Å². The van der Waals surface area contributed by atoms with Gasteiger partial charge in [-0.1, -0.05) is 51.1 Å². The molecule has 31 heavy (non-hydrogen) atoms. The molecule has 0 fully saturated rings. The molecule has 0 bridgehead atoms. The van der Waals surface area contributed by atoms with Crippen LogP contribution in [0.3, 0.4) is 0 Å². The molecule has 0 aromatic heterocycles. The van der Waals surface area contributed by atoms with Gasteiger partial charge in [-0.05, 0) is 43.0 Å². The van der Waals surface area contributed by atoms with E-state index in [1.807, 2.05) is 43.3 Å². The van der Waals surface area contributed by atoms with E-state index in [1.54, 1.807) is 12.1 Å². The van der Waals surface area contributed by atoms with Crippen LogP contribution in [-0.2, 0) is 21.2 Å². The zero-order valence-electron chi connectivity index (χ0n) is 18.7. The van der Waals surface area contributed by atoms with Crippen molar-refractivity contribution in [3.63, 3.8) is 0 Å². The number of sulfonamides is 1. The van der Waals surface area contributed by atoms with E-state index < -0.39 is 10.0 Å². The number of carbonyl (C=O) groups is 1. The van der Waals surface area contributed by atoms with Gasteiger partial charge < -0.3 is 10.1 Å². The lowest BCUT2D eigenvalue weighted by Gasteiger charge is -2.41. The topological polar surface area (TPSA) is 75.7 Å². The number of amides is 1. The third-order valence-corrected chi connectivity index (χ3v) is 7.28. The van der Waals surface area contributed by atoms with Crippen LogP contribution in [0.25, 0.3) is 0 Å². The van der Waals surface area contributed by atoms with E-state index >= 15 is 0 Å². The maximum atomic E-state index is 13.0. The summed E-state index contributed by atoms with van der Waals surface area (Å²) >= 11 is 0. The van der Waals surface area contributed by atoms with Crippen LogP contribution in [0.1, 0.15) is 57.2 Å². The number of hydrogen-bond donors (Lipinski definition) is 1. The minimum atomic E-state index is -3.62. The molecular formula is C24H32N2O4S. The Balaban J connectivity index is 1.83. The monoisotopic (exact) mass is 444 g/mol. The molecular weight excluding hydrogens is 412 g/mol. The van der Waals surface area contributed by atoms with Crippen molar-refractivity contribution in [2.24, 2.45) is 0 Å². The number of anilines is 1.